The minimum Gasteiger partial charge on any atom is -0.508 e. The topological polar surface area (TPSA) is 37.3 Å². The van der Waals surface area contributed by atoms with Crippen molar-refractivity contribution in [3.63, 3.8) is 0 Å². The van der Waals surface area contributed by atoms with E-state index in [4.69, 9.17) is 0 Å². The van der Waals surface area contributed by atoms with E-state index in [1.165, 1.54) is 16.7 Å². The number of hydrogen-bond acceptors (Lipinski definition) is 2. The summed E-state index contributed by atoms with van der Waals surface area (Å²) in [6, 6.07) is 5.64. The van der Waals surface area contributed by atoms with Crippen molar-refractivity contribution >= 4 is 5.78 Å². The smallest absolute Gasteiger partial charge is 0.162 e. The summed E-state index contributed by atoms with van der Waals surface area (Å²) in [6.07, 6.45) is 5.53. The molecule has 1 N–H and O–H groups in total. The number of phenolic OH excluding ortho intramolecular Hbond substituents is 1. The molecule has 0 aromatic heterocycles. The average Bonchev–Trinajstić information content (AvgIpc) is 2.38. The Morgan fingerprint density at radius 2 is 2.21 bits per heavy atom. The first-order valence-corrected chi connectivity index (χ1v) is 7.10. The first kappa shape index (κ1) is 12.5. The Morgan fingerprint density at radius 1 is 1.42 bits per heavy atom. The van der Waals surface area contributed by atoms with Gasteiger partial charge in [0.25, 0.3) is 0 Å². The fourth-order valence-corrected chi connectivity index (χ4v) is 3.92. The Morgan fingerprint density at radius 3 is 2.95 bits per heavy atom. The molecule has 19 heavy (non-hydrogen) atoms. The first-order valence-electron chi connectivity index (χ1n) is 7.10. The van der Waals surface area contributed by atoms with E-state index in [1.807, 2.05) is 25.1 Å². The van der Waals surface area contributed by atoms with E-state index >= 15 is 0 Å². The summed E-state index contributed by atoms with van der Waals surface area (Å²) < 4.78 is 0. The van der Waals surface area contributed by atoms with Crippen LogP contribution >= 0.6 is 0 Å². The van der Waals surface area contributed by atoms with Crippen LogP contribution in [0.15, 0.2) is 29.8 Å². The highest BCUT2D eigenvalue weighted by molar-refractivity contribution is 5.97. The lowest BCUT2D eigenvalue weighted by molar-refractivity contribution is -0.127. The summed E-state index contributed by atoms with van der Waals surface area (Å²) in [4.78, 5) is 12.5. The van der Waals surface area contributed by atoms with Crippen LogP contribution in [0.5, 0.6) is 5.75 Å². The lowest BCUT2D eigenvalue weighted by atomic mass is 9.56. The molecule has 0 aliphatic heterocycles. The summed E-state index contributed by atoms with van der Waals surface area (Å²) >= 11 is 0. The van der Waals surface area contributed by atoms with E-state index in [0.717, 1.165) is 25.7 Å². The fraction of sp³-hybridized carbons (Fsp3) is 0.471. The van der Waals surface area contributed by atoms with E-state index in [2.05, 4.69) is 6.92 Å². The van der Waals surface area contributed by atoms with Crippen molar-refractivity contribution in [1.82, 2.24) is 0 Å². The molecule has 1 aromatic rings. The molecule has 2 aliphatic rings. The second-order valence-corrected chi connectivity index (χ2v) is 6.00. The molecule has 0 radical (unpaired) electrons. The van der Waals surface area contributed by atoms with Crippen LogP contribution in [0.1, 0.15) is 50.2 Å². The van der Waals surface area contributed by atoms with Crippen molar-refractivity contribution in [2.45, 2.75) is 45.4 Å². The molecule has 1 aromatic carbocycles. The summed E-state index contributed by atoms with van der Waals surface area (Å²) in [5.41, 5.74) is 3.46. The molecule has 2 aliphatic carbocycles. The van der Waals surface area contributed by atoms with E-state index in [9.17, 15) is 9.90 Å². The van der Waals surface area contributed by atoms with Crippen LogP contribution in [0, 0.1) is 5.41 Å². The molecule has 100 valence electrons. The zero-order chi connectivity index (χ0) is 13.6. The molecule has 0 heterocycles. The molecule has 3 rings (SSSR count). The molecule has 0 spiro atoms. The number of fused-ring (bicyclic) bond motifs is 3. The van der Waals surface area contributed by atoms with Crippen LogP contribution in [-0.4, -0.2) is 10.9 Å². The second kappa shape index (κ2) is 4.22. The molecular formula is C17H20O2. The number of carbonyl (C=O) groups excluding carboxylic acids is 1. The standard InChI is InChI=1S/C17H20O2/c1-3-17-7-6-12-10-13(18)4-5-14(12)15(17)8-11(2)9-16(17)19/h4-5,9-10,15,18H,3,6-8H2,1-2H3/t15-,17-/m1/s1. The van der Waals surface area contributed by atoms with Gasteiger partial charge in [-0.05, 0) is 61.9 Å². The van der Waals surface area contributed by atoms with Crippen molar-refractivity contribution < 1.29 is 9.90 Å². The van der Waals surface area contributed by atoms with Crippen molar-refractivity contribution in [1.29, 1.82) is 0 Å². The molecule has 0 unspecified atom stereocenters. The number of carbonyl (C=O) groups is 1. The van der Waals surface area contributed by atoms with Gasteiger partial charge in [-0.25, -0.2) is 0 Å². The lowest BCUT2D eigenvalue weighted by Crippen LogP contribution is -2.42. The Hall–Kier alpha value is -1.57. The van der Waals surface area contributed by atoms with Crippen molar-refractivity contribution in [2.24, 2.45) is 5.41 Å². The van der Waals surface area contributed by atoms with Gasteiger partial charge in [-0.1, -0.05) is 18.6 Å². The molecule has 0 bridgehead atoms. The molecule has 0 saturated heterocycles. The van der Waals surface area contributed by atoms with E-state index in [0.29, 0.717) is 17.5 Å². The predicted molar refractivity (Wildman–Crippen MR) is 75.3 cm³/mol. The first-order chi connectivity index (χ1) is 9.06. The van der Waals surface area contributed by atoms with Crippen LogP contribution in [0.3, 0.4) is 0 Å². The number of benzene rings is 1. The SMILES string of the molecule is CC[C@@]12CCc3cc(O)ccc3[C@H]1CC(C)=CC2=O. The Labute approximate surface area is 114 Å². The molecule has 0 fully saturated rings. The zero-order valence-electron chi connectivity index (χ0n) is 11.6. The van der Waals surface area contributed by atoms with Gasteiger partial charge < -0.3 is 5.11 Å². The van der Waals surface area contributed by atoms with Crippen LogP contribution in [0.4, 0.5) is 0 Å². The summed E-state index contributed by atoms with van der Waals surface area (Å²) in [5.74, 6) is 0.930. The quantitative estimate of drug-likeness (QED) is 0.831. The summed E-state index contributed by atoms with van der Waals surface area (Å²) in [6.45, 7) is 4.18. The summed E-state index contributed by atoms with van der Waals surface area (Å²) in [5, 5.41) is 9.63. The molecule has 0 amide bonds. The number of ketones is 1. The normalized spacial score (nSPS) is 29.5. The third kappa shape index (κ3) is 1.73. The highest BCUT2D eigenvalue weighted by atomic mass is 16.3. The molecular weight excluding hydrogens is 236 g/mol. The Balaban J connectivity index is 2.15. The van der Waals surface area contributed by atoms with Crippen LogP contribution < -0.4 is 0 Å². The Kier molecular flexibility index (Phi) is 2.77. The zero-order valence-corrected chi connectivity index (χ0v) is 11.6. The predicted octanol–water partition coefficient (Wildman–Crippen LogP) is 3.74. The van der Waals surface area contributed by atoms with Crippen molar-refractivity contribution in [3.05, 3.63) is 41.0 Å². The van der Waals surface area contributed by atoms with Crippen LogP contribution in [0.2, 0.25) is 0 Å². The molecule has 2 heteroatoms. The average molecular weight is 256 g/mol. The van der Waals surface area contributed by atoms with Gasteiger partial charge in [0.2, 0.25) is 0 Å². The number of rotatable bonds is 1. The molecule has 2 nitrogen and oxygen atoms in total. The summed E-state index contributed by atoms with van der Waals surface area (Å²) in [7, 11) is 0. The van der Waals surface area contributed by atoms with E-state index in [1.54, 1.807) is 6.07 Å². The van der Waals surface area contributed by atoms with Gasteiger partial charge in [-0.3, -0.25) is 4.79 Å². The minimum atomic E-state index is -0.205. The highest BCUT2D eigenvalue weighted by Crippen LogP contribution is 2.53. The second-order valence-electron chi connectivity index (χ2n) is 6.00. The maximum atomic E-state index is 12.5. The molecule has 2 atom stereocenters. The van der Waals surface area contributed by atoms with E-state index < -0.39 is 0 Å². The van der Waals surface area contributed by atoms with Gasteiger partial charge in [0.15, 0.2) is 5.78 Å². The monoisotopic (exact) mass is 256 g/mol. The number of allylic oxidation sites excluding steroid dienone is 2. The van der Waals surface area contributed by atoms with Gasteiger partial charge in [0.1, 0.15) is 5.75 Å². The molecule has 0 saturated carbocycles. The van der Waals surface area contributed by atoms with Gasteiger partial charge in [0.05, 0.1) is 0 Å². The fourth-order valence-electron chi connectivity index (χ4n) is 3.92. The van der Waals surface area contributed by atoms with Crippen molar-refractivity contribution in [3.8, 4) is 5.75 Å². The lowest BCUT2D eigenvalue weighted by Gasteiger charge is -2.45. The third-order valence-corrected chi connectivity index (χ3v) is 5.03. The number of hydrogen-bond donors (Lipinski definition) is 1. The van der Waals surface area contributed by atoms with Crippen LogP contribution in [0.25, 0.3) is 0 Å². The van der Waals surface area contributed by atoms with Gasteiger partial charge >= 0.3 is 0 Å². The van der Waals surface area contributed by atoms with E-state index in [-0.39, 0.29) is 5.41 Å². The minimum absolute atomic E-state index is 0.205. The van der Waals surface area contributed by atoms with Gasteiger partial charge in [0, 0.05) is 11.3 Å². The van der Waals surface area contributed by atoms with Gasteiger partial charge in [-0.2, -0.15) is 0 Å². The van der Waals surface area contributed by atoms with Gasteiger partial charge in [-0.15, -0.1) is 0 Å². The number of aromatic hydroxyl groups is 1. The third-order valence-electron chi connectivity index (χ3n) is 5.03. The maximum absolute atomic E-state index is 12.5. The Bertz CT molecular complexity index is 571. The highest BCUT2D eigenvalue weighted by Gasteiger charge is 2.48. The maximum Gasteiger partial charge on any atom is 0.162 e. The van der Waals surface area contributed by atoms with Crippen LogP contribution in [-0.2, 0) is 11.2 Å². The number of phenols is 1. The number of aryl methyl sites for hydroxylation is 1. The van der Waals surface area contributed by atoms with Crippen molar-refractivity contribution in [2.75, 3.05) is 0 Å². The largest absolute Gasteiger partial charge is 0.508 e.